The van der Waals surface area contributed by atoms with E-state index < -0.39 is 12.0 Å². The molecule has 0 spiro atoms. The maximum atomic E-state index is 12.7. The molecule has 0 aliphatic carbocycles. The summed E-state index contributed by atoms with van der Waals surface area (Å²) in [7, 11) is 1.67. The fraction of sp³-hybridized carbons (Fsp3) is 0.259. The number of aromatic nitrogens is 4. The Kier molecular flexibility index (Phi) is 11.4. The summed E-state index contributed by atoms with van der Waals surface area (Å²) in [4.78, 5) is 48.1. The molecule has 42 heavy (non-hydrogen) atoms. The number of pyridine rings is 2. The lowest BCUT2D eigenvalue weighted by Gasteiger charge is -2.14. The molecular weight excluding hydrogens is 581 g/mol. The lowest BCUT2D eigenvalue weighted by atomic mass is 10.2. The van der Waals surface area contributed by atoms with Crippen LogP contribution in [0.4, 0.5) is 15.9 Å². The third-order valence-electron chi connectivity index (χ3n) is 5.77. The summed E-state index contributed by atoms with van der Waals surface area (Å²) >= 11 is 2.20. The zero-order valence-electron chi connectivity index (χ0n) is 23.1. The molecule has 6 N–H and O–H groups in total. The monoisotopic (exact) mass is 611 g/mol. The van der Waals surface area contributed by atoms with Crippen molar-refractivity contribution in [3.05, 3.63) is 75.4 Å². The normalized spacial score (nSPS) is 13.1. The number of halogens is 1. The predicted octanol–water partition coefficient (Wildman–Crippen LogP) is 3.76. The van der Waals surface area contributed by atoms with E-state index >= 15 is 0 Å². The highest BCUT2D eigenvalue weighted by atomic mass is 32.2. The molecule has 0 radical (unpaired) electrons. The number of carbonyl (C=O) groups is 2. The summed E-state index contributed by atoms with van der Waals surface area (Å²) in [6, 6.07) is 7.30. The standard InChI is InChI=1S/C17H18N6O2S.C8H6FN3OS.C2H6/c1-19-11-8-21-15-3-2-12(23(15)17(11)25)16(24)22-7-10-4-9-6-20-14(18)5-13(9)26-10;9-6-3-1-2-5(12-6)8(11)14-7(10)4-13;1-2/h4-6,8,12,19H,2-3,7H2,1H3,(H2,18,20)(H,22,24);1-4,10-11H;1-2H3. The van der Waals surface area contributed by atoms with Crippen LogP contribution in [0.2, 0.25) is 0 Å². The number of amides is 1. The lowest BCUT2D eigenvalue weighted by Crippen LogP contribution is -2.36. The number of aryl methyl sites for hydroxylation is 1. The molecule has 0 aromatic carbocycles. The molecule has 1 atom stereocenters. The lowest BCUT2D eigenvalue weighted by molar-refractivity contribution is -0.124. The first-order valence-electron chi connectivity index (χ1n) is 12.8. The first kappa shape index (κ1) is 32.0. The minimum atomic E-state index is -0.689. The minimum Gasteiger partial charge on any atom is -0.384 e. The first-order valence-corrected chi connectivity index (χ1v) is 14.5. The van der Waals surface area contributed by atoms with Gasteiger partial charge in [-0.2, -0.15) is 4.39 Å². The number of hydrogen-bond acceptors (Lipinski definition) is 12. The van der Waals surface area contributed by atoms with E-state index in [-0.39, 0.29) is 27.2 Å². The van der Waals surface area contributed by atoms with E-state index in [0.717, 1.165) is 21.0 Å². The van der Waals surface area contributed by atoms with Gasteiger partial charge in [0.25, 0.3) is 5.56 Å². The number of nitrogens with two attached hydrogens (primary N) is 1. The smallest absolute Gasteiger partial charge is 0.277 e. The summed E-state index contributed by atoms with van der Waals surface area (Å²) in [6.45, 7) is 4.40. The molecule has 220 valence electrons. The summed E-state index contributed by atoms with van der Waals surface area (Å²) in [5, 5.41) is 20.7. The number of thioether (sulfide) groups is 1. The number of hydrogen-bond donors (Lipinski definition) is 5. The summed E-state index contributed by atoms with van der Waals surface area (Å²) < 4.78 is 15.1. The van der Waals surface area contributed by atoms with Crippen molar-refractivity contribution in [2.75, 3.05) is 18.1 Å². The van der Waals surface area contributed by atoms with Gasteiger partial charge >= 0.3 is 0 Å². The second-order valence-electron chi connectivity index (χ2n) is 8.40. The van der Waals surface area contributed by atoms with Gasteiger partial charge in [-0.3, -0.25) is 29.8 Å². The van der Waals surface area contributed by atoms with Crippen LogP contribution in [0.3, 0.4) is 0 Å². The van der Waals surface area contributed by atoms with Crippen LogP contribution in [0.15, 0.2) is 47.5 Å². The fourth-order valence-electron chi connectivity index (χ4n) is 3.93. The molecular formula is C27H30FN9O3S2. The van der Waals surface area contributed by atoms with Crippen molar-refractivity contribution in [2.24, 2.45) is 0 Å². The minimum absolute atomic E-state index is 0.113. The molecule has 4 aromatic heterocycles. The molecule has 1 aliphatic heterocycles. The Morgan fingerprint density at radius 2 is 2.02 bits per heavy atom. The molecule has 12 nitrogen and oxygen atoms in total. The number of thiophene rings is 1. The maximum Gasteiger partial charge on any atom is 0.277 e. The molecule has 15 heteroatoms. The predicted molar refractivity (Wildman–Crippen MR) is 165 cm³/mol. The molecule has 4 aromatic rings. The van der Waals surface area contributed by atoms with E-state index in [0.29, 0.717) is 54.8 Å². The van der Waals surface area contributed by atoms with Gasteiger partial charge in [0, 0.05) is 34.6 Å². The van der Waals surface area contributed by atoms with Crippen molar-refractivity contribution in [3.8, 4) is 0 Å². The summed E-state index contributed by atoms with van der Waals surface area (Å²) in [5.41, 5.74) is 6.00. The Hall–Kier alpha value is -4.50. The average molecular weight is 612 g/mol. The molecule has 5 rings (SSSR count). The van der Waals surface area contributed by atoms with E-state index in [4.69, 9.17) is 16.6 Å². The van der Waals surface area contributed by atoms with Crippen molar-refractivity contribution in [3.63, 3.8) is 0 Å². The van der Waals surface area contributed by atoms with E-state index in [1.807, 2.05) is 26.0 Å². The van der Waals surface area contributed by atoms with Crippen molar-refractivity contribution in [2.45, 2.75) is 39.3 Å². The van der Waals surface area contributed by atoms with Crippen LogP contribution in [0.25, 0.3) is 10.1 Å². The van der Waals surface area contributed by atoms with E-state index in [2.05, 4.69) is 25.6 Å². The molecule has 0 saturated heterocycles. The van der Waals surface area contributed by atoms with E-state index in [9.17, 15) is 18.8 Å². The molecule has 0 bridgehead atoms. The number of anilines is 2. The Bertz CT molecular complexity index is 1670. The van der Waals surface area contributed by atoms with Crippen LogP contribution in [0.1, 0.15) is 42.7 Å². The highest BCUT2D eigenvalue weighted by Gasteiger charge is 2.30. The van der Waals surface area contributed by atoms with E-state index in [1.165, 1.54) is 22.9 Å². The molecule has 0 fully saturated rings. The number of aldehydes is 1. The Morgan fingerprint density at radius 1 is 1.26 bits per heavy atom. The topological polar surface area (TPSA) is 193 Å². The SMILES string of the molecule is CC.CNc1cnc2n(c1=O)C(C(=O)NCc1cc3cnc(N)cc3s1)CC2.N=C(C=O)SC(=N)c1cccc(F)n1. The van der Waals surface area contributed by atoms with Crippen molar-refractivity contribution in [1.29, 1.82) is 10.8 Å². The second-order valence-corrected chi connectivity index (χ2v) is 10.6. The van der Waals surface area contributed by atoms with Crippen molar-refractivity contribution < 1.29 is 14.0 Å². The van der Waals surface area contributed by atoms with Gasteiger partial charge in [0.2, 0.25) is 11.9 Å². The van der Waals surface area contributed by atoms with Crippen LogP contribution >= 0.6 is 23.1 Å². The number of nitrogen functional groups attached to an aromatic ring is 1. The zero-order chi connectivity index (χ0) is 30.8. The molecule has 1 aliphatic rings. The second kappa shape index (κ2) is 14.9. The molecule has 1 unspecified atom stereocenters. The van der Waals surface area contributed by atoms with Gasteiger partial charge in [0.1, 0.15) is 33.5 Å². The van der Waals surface area contributed by atoms with Crippen LogP contribution < -0.4 is 21.9 Å². The Morgan fingerprint density at radius 3 is 2.71 bits per heavy atom. The number of fused-ring (bicyclic) bond motifs is 2. The van der Waals surface area contributed by atoms with Crippen LogP contribution in [0, 0.1) is 16.8 Å². The fourth-order valence-corrected chi connectivity index (χ4v) is 5.44. The van der Waals surface area contributed by atoms with Gasteiger partial charge in [-0.25, -0.2) is 15.0 Å². The van der Waals surface area contributed by atoms with E-state index in [1.54, 1.807) is 24.6 Å². The van der Waals surface area contributed by atoms with Crippen LogP contribution in [-0.2, 0) is 22.6 Å². The van der Waals surface area contributed by atoms with Crippen LogP contribution in [0.5, 0.6) is 0 Å². The third kappa shape index (κ3) is 7.82. The van der Waals surface area contributed by atoms with Gasteiger partial charge in [-0.15, -0.1) is 11.3 Å². The summed E-state index contributed by atoms with van der Waals surface area (Å²) in [5.74, 6) is 0.267. The van der Waals surface area contributed by atoms with Gasteiger partial charge in [-0.05, 0) is 42.4 Å². The van der Waals surface area contributed by atoms with Gasteiger partial charge in [0.05, 0.1) is 18.4 Å². The van der Waals surface area contributed by atoms with Gasteiger partial charge in [0.15, 0.2) is 6.29 Å². The molecule has 1 amide bonds. The van der Waals surface area contributed by atoms with Crippen molar-refractivity contribution >= 4 is 67.0 Å². The largest absolute Gasteiger partial charge is 0.384 e. The third-order valence-corrected chi connectivity index (χ3v) is 7.60. The van der Waals surface area contributed by atoms with Crippen LogP contribution in [-0.4, -0.2) is 48.8 Å². The number of rotatable bonds is 6. The maximum absolute atomic E-state index is 12.7. The molecule has 0 saturated carbocycles. The number of nitrogens with one attached hydrogen (secondary N) is 4. The van der Waals surface area contributed by atoms with Gasteiger partial charge in [-0.1, -0.05) is 19.9 Å². The zero-order valence-corrected chi connectivity index (χ0v) is 24.7. The van der Waals surface area contributed by atoms with Crippen molar-refractivity contribution in [1.82, 2.24) is 24.8 Å². The average Bonchev–Trinajstić information content (AvgIpc) is 3.62. The Labute approximate surface area is 249 Å². The number of nitrogens with zero attached hydrogens (tertiary/aromatic N) is 4. The summed E-state index contributed by atoms with van der Waals surface area (Å²) in [6.07, 6.45) is 4.76. The quantitative estimate of drug-likeness (QED) is 0.0934. The van der Waals surface area contributed by atoms with Gasteiger partial charge < -0.3 is 16.4 Å². The Balaban J connectivity index is 0.000000257. The first-order chi connectivity index (χ1) is 20.2. The highest BCUT2D eigenvalue weighted by molar-refractivity contribution is 8.28. The molecule has 5 heterocycles. The number of carbonyl (C=O) groups excluding carboxylic acids is 2. The highest BCUT2D eigenvalue weighted by Crippen LogP contribution is 2.27.